The zero-order chi connectivity index (χ0) is 15.7. The fourth-order valence-corrected chi connectivity index (χ4v) is 3.75. The van der Waals surface area contributed by atoms with Gasteiger partial charge >= 0.3 is 5.97 Å². The topological polar surface area (TPSA) is 55.7 Å². The lowest BCUT2D eigenvalue weighted by molar-refractivity contribution is -0.135. The summed E-state index contributed by atoms with van der Waals surface area (Å²) in [4.78, 5) is 29.1. The first-order valence-electron chi connectivity index (χ1n) is 7.94. The van der Waals surface area contributed by atoms with Crippen molar-refractivity contribution in [2.24, 2.45) is 16.8 Å². The summed E-state index contributed by atoms with van der Waals surface area (Å²) >= 11 is 0. The van der Waals surface area contributed by atoms with Gasteiger partial charge in [-0.3, -0.25) is 9.79 Å². The fraction of sp³-hybridized carbons (Fsp3) is 0.500. The maximum atomic E-state index is 12.6. The Balaban J connectivity index is 1.83. The number of hydrogen-bond acceptors (Lipinski definition) is 4. The summed E-state index contributed by atoms with van der Waals surface area (Å²) in [5, 5.41) is 0. The predicted octanol–water partition coefficient (Wildman–Crippen LogP) is 2.77. The lowest BCUT2D eigenvalue weighted by Gasteiger charge is -2.31. The van der Waals surface area contributed by atoms with Crippen molar-refractivity contribution in [1.29, 1.82) is 0 Å². The van der Waals surface area contributed by atoms with E-state index in [1.807, 2.05) is 25.1 Å². The molecule has 0 aromatic heterocycles. The summed E-state index contributed by atoms with van der Waals surface area (Å²) in [6.45, 7) is 4.03. The number of nitrogens with zero attached hydrogens (tertiary/aromatic N) is 1. The third-order valence-corrected chi connectivity index (χ3v) is 4.79. The van der Waals surface area contributed by atoms with E-state index in [0.29, 0.717) is 18.7 Å². The highest BCUT2D eigenvalue weighted by molar-refractivity contribution is 6.38. The zero-order valence-corrected chi connectivity index (χ0v) is 13.0. The SMILES string of the molecule is CCOC(=O)C1=NC2CC(c3ccccc3)CC(=O)C2C1C. The first kappa shape index (κ1) is 14.9. The minimum atomic E-state index is -0.367. The molecule has 0 amide bonds. The minimum Gasteiger partial charge on any atom is -0.462 e. The summed E-state index contributed by atoms with van der Waals surface area (Å²) < 4.78 is 5.07. The average molecular weight is 299 g/mol. The van der Waals surface area contributed by atoms with Crippen molar-refractivity contribution < 1.29 is 14.3 Å². The normalized spacial score (nSPS) is 30.6. The third-order valence-electron chi connectivity index (χ3n) is 4.79. The molecule has 4 heteroatoms. The van der Waals surface area contributed by atoms with Crippen LogP contribution in [0.4, 0.5) is 0 Å². The van der Waals surface area contributed by atoms with Crippen molar-refractivity contribution in [3.63, 3.8) is 0 Å². The molecule has 0 spiro atoms. The van der Waals surface area contributed by atoms with Gasteiger partial charge in [0.05, 0.1) is 12.6 Å². The van der Waals surface area contributed by atoms with Crippen LogP contribution in [0.3, 0.4) is 0 Å². The maximum Gasteiger partial charge on any atom is 0.352 e. The van der Waals surface area contributed by atoms with Gasteiger partial charge in [0.2, 0.25) is 0 Å². The molecule has 1 aliphatic carbocycles. The summed E-state index contributed by atoms with van der Waals surface area (Å²) in [7, 11) is 0. The molecule has 0 bridgehead atoms. The highest BCUT2D eigenvalue weighted by Crippen LogP contribution is 2.42. The minimum absolute atomic E-state index is 0.0825. The number of hydrogen-bond donors (Lipinski definition) is 0. The van der Waals surface area contributed by atoms with E-state index >= 15 is 0 Å². The van der Waals surface area contributed by atoms with Gasteiger partial charge in [-0.25, -0.2) is 4.79 Å². The van der Waals surface area contributed by atoms with Crippen LogP contribution in [0.1, 0.15) is 38.2 Å². The molecule has 1 heterocycles. The molecule has 4 atom stereocenters. The van der Waals surface area contributed by atoms with E-state index in [1.54, 1.807) is 6.92 Å². The molecule has 0 N–H and O–H groups in total. The first-order chi connectivity index (χ1) is 10.6. The second kappa shape index (κ2) is 6.03. The van der Waals surface area contributed by atoms with Crippen LogP contribution in [-0.4, -0.2) is 30.1 Å². The van der Waals surface area contributed by atoms with Crippen LogP contribution >= 0.6 is 0 Å². The van der Waals surface area contributed by atoms with Crippen LogP contribution < -0.4 is 0 Å². The van der Waals surface area contributed by atoms with Crippen LogP contribution in [0.5, 0.6) is 0 Å². The van der Waals surface area contributed by atoms with Gasteiger partial charge in [-0.15, -0.1) is 0 Å². The Bertz CT molecular complexity index is 608. The number of ketones is 1. The van der Waals surface area contributed by atoms with Crippen LogP contribution in [-0.2, 0) is 14.3 Å². The Labute approximate surface area is 130 Å². The molecular formula is C18H21NO3. The lowest BCUT2D eigenvalue weighted by Crippen LogP contribution is -2.37. The van der Waals surface area contributed by atoms with Crippen molar-refractivity contribution in [2.45, 2.75) is 38.6 Å². The van der Waals surface area contributed by atoms with Gasteiger partial charge in [0.1, 0.15) is 11.5 Å². The fourth-order valence-electron chi connectivity index (χ4n) is 3.75. The molecule has 4 unspecified atom stereocenters. The van der Waals surface area contributed by atoms with Gasteiger partial charge in [-0.05, 0) is 24.8 Å². The van der Waals surface area contributed by atoms with E-state index < -0.39 is 0 Å². The molecule has 2 aliphatic rings. The number of carbonyl (C=O) groups excluding carboxylic acids is 2. The monoisotopic (exact) mass is 299 g/mol. The first-order valence-corrected chi connectivity index (χ1v) is 7.94. The zero-order valence-electron chi connectivity index (χ0n) is 13.0. The second-order valence-electron chi connectivity index (χ2n) is 6.13. The van der Waals surface area contributed by atoms with Gasteiger partial charge in [0, 0.05) is 18.3 Å². The standard InChI is InChI=1S/C18H21NO3/c1-3-22-18(21)17-11(2)16-14(19-17)9-13(10-15(16)20)12-7-5-4-6-8-12/h4-8,11,13-14,16H,3,9-10H2,1-2H3. The van der Waals surface area contributed by atoms with E-state index in [4.69, 9.17) is 4.74 Å². The number of aliphatic imine (C=N–C) groups is 1. The number of rotatable bonds is 3. The van der Waals surface area contributed by atoms with E-state index in [0.717, 1.165) is 6.42 Å². The van der Waals surface area contributed by atoms with Crippen molar-refractivity contribution >= 4 is 17.5 Å². The molecule has 0 radical (unpaired) electrons. The maximum absolute atomic E-state index is 12.6. The largest absolute Gasteiger partial charge is 0.462 e. The Morgan fingerprint density at radius 2 is 2.05 bits per heavy atom. The summed E-state index contributed by atoms with van der Waals surface area (Å²) in [6.07, 6.45) is 1.37. The quantitative estimate of drug-likeness (QED) is 0.806. The van der Waals surface area contributed by atoms with Crippen LogP contribution in [0, 0.1) is 11.8 Å². The van der Waals surface area contributed by atoms with E-state index in [9.17, 15) is 9.59 Å². The predicted molar refractivity (Wildman–Crippen MR) is 83.9 cm³/mol. The molecular weight excluding hydrogens is 278 g/mol. The van der Waals surface area contributed by atoms with E-state index in [-0.39, 0.29) is 35.5 Å². The summed E-state index contributed by atoms with van der Waals surface area (Å²) in [5.41, 5.74) is 1.63. The number of esters is 1. The molecule has 1 aromatic rings. The van der Waals surface area contributed by atoms with Gasteiger partial charge in [-0.2, -0.15) is 0 Å². The molecule has 22 heavy (non-hydrogen) atoms. The number of benzene rings is 1. The highest BCUT2D eigenvalue weighted by atomic mass is 16.5. The van der Waals surface area contributed by atoms with Gasteiger partial charge in [-0.1, -0.05) is 37.3 Å². The number of fused-ring (bicyclic) bond motifs is 1. The van der Waals surface area contributed by atoms with Crippen molar-refractivity contribution in [3.05, 3.63) is 35.9 Å². The van der Waals surface area contributed by atoms with Crippen LogP contribution in [0.15, 0.2) is 35.3 Å². The summed E-state index contributed by atoms with van der Waals surface area (Å²) in [6, 6.07) is 10.0. The molecule has 3 rings (SSSR count). The van der Waals surface area contributed by atoms with Gasteiger partial charge in [0.15, 0.2) is 0 Å². The smallest absolute Gasteiger partial charge is 0.352 e. The number of carbonyl (C=O) groups is 2. The van der Waals surface area contributed by atoms with Crippen LogP contribution in [0.2, 0.25) is 0 Å². The molecule has 1 saturated carbocycles. The van der Waals surface area contributed by atoms with Crippen molar-refractivity contribution in [1.82, 2.24) is 0 Å². The van der Waals surface area contributed by atoms with Crippen LogP contribution in [0.25, 0.3) is 0 Å². The third kappa shape index (κ3) is 2.58. The molecule has 116 valence electrons. The highest BCUT2D eigenvalue weighted by Gasteiger charge is 2.47. The molecule has 1 fully saturated rings. The Morgan fingerprint density at radius 3 is 2.73 bits per heavy atom. The average Bonchev–Trinajstić information content (AvgIpc) is 2.86. The molecule has 1 aliphatic heterocycles. The number of Topliss-reactive ketones (excluding diaryl/α,β-unsaturated/α-hetero) is 1. The number of ether oxygens (including phenoxy) is 1. The lowest BCUT2D eigenvalue weighted by atomic mass is 9.71. The Kier molecular flexibility index (Phi) is 4.10. The molecule has 0 saturated heterocycles. The van der Waals surface area contributed by atoms with E-state index in [1.165, 1.54) is 5.56 Å². The van der Waals surface area contributed by atoms with Crippen molar-refractivity contribution in [2.75, 3.05) is 6.61 Å². The van der Waals surface area contributed by atoms with Gasteiger partial charge < -0.3 is 4.74 Å². The van der Waals surface area contributed by atoms with Gasteiger partial charge in [0.25, 0.3) is 0 Å². The Morgan fingerprint density at radius 1 is 1.32 bits per heavy atom. The molecule has 4 nitrogen and oxygen atoms in total. The second-order valence-corrected chi connectivity index (χ2v) is 6.13. The van der Waals surface area contributed by atoms with Crippen molar-refractivity contribution in [3.8, 4) is 0 Å². The summed E-state index contributed by atoms with van der Waals surface area (Å²) in [5.74, 6) is -0.228. The Hall–Kier alpha value is -1.97. The molecule has 1 aromatic carbocycles. The van der Waals surface area contributed by atoms with E-state index in [2.05, 4.69) is 17.1 Å².